The van der Waals surface area contributed by atoms with Gasteiger partial charge >= 0.3 is 0 Å². The molecule has 90 valence electrons. The normalized spacial score (nSPS) is 11.7. The van der Waals surface area contributed by atoms with E-state index in [0.29, 0.717) is 17.7 Å². The third-order valence-electron chi connectivity index (χ3n) is 2.78. The predicted molar refractivity (Wildman–Crippen MR) is 64.5 cm³/mol. The highest BCUT2D eigenvalue weighted by Gasteiger charge is 2.14. The van der Waals surface area contributed by atoms with Gasteiger partial charge in [0.1, 0.15) is 5.82 Å². The molecule has 0 aliphatic rings. The summed E-state index contributed by atoms with van der Waals surface area (Å²) in [5.74, 6) is -0.604. The number of carbonyl (C=O) groups is 1. The Morgan fingerprint density at radius 3 is 2.71 bits per heavy atom. The first kappa shape index (κ1) is 13.2. The molecule has 1 aromatic carbocycles. The Hall–Kier alpha value is -1.89. The van der Waals surface area contributed by atoms with Crippen molar-refractivity contribution >= 4 is 11.5 Å². The van der Waals surface area contributed by atoms with Crippen molar-refractivity contribution in [1.29, 1.82) is 5.26 Å². The topological polar surface area (TPSA) is 44.1 Å². The molecule has 0 saturated heterocycles. The molecule has 0 spiro atoms. The van der Waals surface area contributed by atoms with E-state index >= 15 is 0 Å². The molecular formula is C13H15FN2O. The lowest BCUT2D eigenvalue weighted by Crippen LogP contribution is -2.29. The van der Waals surface area contributed by atoms with Gasteiger partial charge in [-0.1, -0.05) is 0 Å². The zero-order valence-electron chi connectivity index (χ0n) is 10.2. The van der Waals surface area contributed by atoms with Crippen molar-refractivity contribution in [3.8, 4) is 6.07 Å². The van der Waals surface area contributed by atoms with Crippen LogP contribution in [0.25, 0.3) is 0 Å². The van der Waals surface area contributed by atoms with Crippen molar-refractivity contribution in [3.05, 3.63) is 29.6 Å². The minimum Gasteiger partial charge on any atom is -0.368 e. The molecule has 0 aromatic heterocycles. The van der Waals surface area contributed by atoms with Crippen LogP contribution in [0.1, 0.15) is 30.6 Å². The minimum atomic E-state index is -0.440. The Bertz CT molecular complexity index is 465. The Labute approximate surface area is 100 Å². The summed E-state index contributed by atoms with van der Waals surface area (Å²) in [6, 6.07) is 6.37. The third-order valence-corrected chi connectivity index (χ3v) is 2.78. The van der Waals surface area contributed by atoms with Crippen LogP contribution < -0.4 is 4.90 Å². The molecule has 0 saturated carbocycles. The van der Waals surface area contributed by atoms with Gasteiger partial charge in [0.25, 0.3) is 0 Å². The van der Waals surface area contributed by atoms with Crippen LogP contribution in [0, 0.1) is 17.1 Å². The molecule has 3 nitrogen and oxygen atoms in total. The van der Waals surface area contributed by atoms with Gasteiger partial charge in [0.2, 0.25) is 0 Å². The number of carbonyl (C=O) groups excluding carboxylic acids is 1. The van der Waals surface area contributed by atoms with E-state index in [-0.39, 0.29) is 11.8 Å². The third kappa shape index (κ3) is 3.04. The molecule has 0 radical (unpaired) electrons. The first-order valence-electron chi connectivity index (χ1n) is 5.37. The van der Waals surface area contributed by atoms with Crippen LogP contribution in [0.5, 0.6) is 0 Å². The predicted octanol–water partition coefficient (Wildman–Crippen LogP) is 2.77. The Balaban J connectivity index is 3.00. The van der Waals surface area contributed by atoms with E-state index in [2.05, 4.69) is 0 Å². The van der Waals surface area contributed by atoms with Crippen LogP contribution in [0.2, 0.25) is 0 Å². The van der Waals surface area contributed by atoms with Crippen molar-refractivity contribution in [2.24, 2.45) is 0 Å². The maximum absolute atomic E-state index is 13.8. The van der Waals surface area contributed by atoms with Gasteiger partial charge in [0.05, 0.1) is 18.2 Å². The van der Waals surface area contributed by atoms with E-state index in [4.69, 9.17) is 5.26 Å². The van der Waals surface area contributed by atoms with Crippen LogP contribution in [0.15, 0.2) is 18.2 Å². The minimum absolute atomic E-state index is 0.0716. The van der Waals surface area contributed by atoms with Crippen LogP contribution in [0.3, 0.4) is 0 Å². The highest BCUT2D eigenvalue weighted by atomic mass is 19.1. The molecule has 1 unspecified atom stereocenters. The molecule has 1 rings (SSSR count). The Morgan fingerprint density at radius 1 is 1.59 bits per heavy atom. The number of nitriles is 1. The fraction of sp³-hybridized carbons (Fsp3) is 0.385. The van der Waals surface area contributed by atoms with Gasteiger partial charge in [-0.15, -0.1) is 0 Å². The second kappa shape index (κ2) is 5.44. The molecule has 0 aliphatic carbocycles. The van der Waals surface area contributed by atoms with Crippen LogP contribution in [-0.4, -0.2) is 18.9 Å². The zero-order valence-corrected chi connectivity index (χ0v) is 10.2. The van der Waals surface area contributed by atoms with Gasteiger partial charge < -0.3 is 4.90 Å². The number of nitrogens with zero attached hydrogens (tertiary/aromatic N) is 2. The first-order chi connectivity index (χ1) is 7.97. The van der Waals surface area contributed by atoms with E-state index in [1.165, 1.54) is 13.0 Å². The van der Waals surface area contributed by atoms with Gasteiger partial charge in [-0.05, 0) is 32.0 Å². The second-order valence-electron chi connectivity index (χ2n) is 4.04. The molecule has 0 N–H and O–H groups in total. The first-order valence-corrected chi connectivity index (χ1v) is 5.37. The number of hydrogen-bond donors (Lipinski definition) is 0. The van der Waals surface area contributed by atoms with Crippen LogP contribution in [0.4, 0.5) is 10.1 Å². The number of benzene rings is 1. The zero-order chi connectivity index (χ0) is 13.0. The second-order valence-corrected chi connectivity index (χ2v) is 4.04. The largest absolute Gasteiger partial charge is 0.368 e. The molecule has 1 atom stereocenters. The maximum atomic E-state index is 13.8. The number of ketones is 1. The van der Waals surface area contributed by atoms with Crippen molar-refractivity contribution in [1.82, 2.24) is 0 Å². The van der Waals surface area contributed by atoms with Crippen LogP contribution in [-0.2, 0) is 0 Å². The molecule has 0 heterocycles. The highest BCUT2D eigenvalue weighted by molar-refractivity contribution is 5.94. The molecule has 17 heavy (non-hydrogen) atoms. The maximum Gasteiger partial charge on any atom is 0.159 e. The van der Waals surface area contributed by atoms with Crippen molar-refractivity contribution < 1.29 is 9.18 Å². The molecule has 0 aliphatic heterocycles. The van der Waals surface area contributed by atoms with E-state index in [1.54, 1.807) is 24.1 Å². The molecule has 0 bridgehead atoms. The summed E-state index contributed by atoms with van der Waals surface area (Å²) < 4.78 is 13.8. The standard InChI is InChI=1S/C13H15FN2O/c1-9(6-7-15)16(3)13-5-4-11(10(2)17)8-12(13)14/h4-5,8-9H,6H2,1-3H3. The summed E-state index contributed by atoms with van der Waals surface area (Å²) in [6.07, 6.45) is 0.324. The molecule has 0 fully saturated rings. The fourth-order valence-electron chi connectivity index (χ4n) is 1.52. The summed E-state index contributed by atoms with van der Waals surface area (Å²) in [7, 11) is 1.73. The number of rotatable bonds is 4. The molecule has 4 heteroatoms. The lowest BCUT2D eigenvalue weighted by Gasteiger charge is -2.25. The number of Topliss-reactive ketones (excluding diaryl/α,β-unsaturated/α-hetero) is 1. The number of halogens is 1. The Morgan fingerprint density at radius 2 is 2.24 bits per heavy atom. The van der Waals surface area contributed by atoms with Crippen LogP contribution >= 0.6 is 0 Å². The summed E-state index contributed by atoms with van der Waals surface area (Å²) in [5, 5.41) is 8.60. The summed E-state index contributed by atoms with van der Waals surface area (Å²) in [4.78, 5) is 12.8. The average Bonchev–Trinajstić information content (AvgIpc) is 2.28. The van der Waals surface area contributed by atoms with Gasteiger partial charge in [-0.25, -0.2) is 4.39 Å². The lowest BCUT2D eigenvalue weighted by molar-refractivity contribution is 0.101. The van der Waals surface area contributed by atoms with E-state index in [1.807, 2.05) is 13.0 Å². The molecular weight excluding hydrogens is 219 g/mol. The smallest absolute Gasteiger partial charge is 0.159 e. The average molecular weight is 234 g/mol. The SMILES string of the molecule is CC(=O)c1ccc(N(C)C(C)CC#N)c(F)c1. The molecule has 1 aromatic rings. The summed E-state index contributed by atoms with van der Waals surface area (Å²) in [6.45, 7) is 3.25. The summed E-state index contributed by atoms with van der Waals surface area (Å²) >= 11 is 0. The van der Waals surface area contributed by atoms with Crippen molar-refractivity contribution in [2.75, 3.05) is 11.9 Å². The number of hydrogen-bond acceptors (Lipinski definition) is 3. The highest BCUT2D eigenvalue weighted by Crippen LogP contribution is 2.22. The van der Waals surface area contributed by atoms with Crippen molar-refractivity contribution in [2.45, 2.75) is 26.3 Å². The fourth-order valence-corrected chi connectivity index (χ4v) is 1.52. The van der Waals surface area contributed by atoms with E-state index in [0.717, 1.165) is 0 Å². The molecule has 0 amide bonds. The van der Waals surface area contributed by atoms with Gasteiger partial charge in [-0.2, -0.15) is 5.26 Å². The quantitative estimate of drug-likeness (QED) is 0.752. The van der Waals surface area contributed by atoms with Gasteiger partial charge in [-0.3, -0.25) is 4.79 Å². The lowest BCUT2D eigenvalue weighted by atomic mass is 10.1. The monoisotopic (exact) mass is 234 g/mol. The van der Waals surface area contributed by atoms with Gasteiger partial charge in [0.15, 0.2) is 5.78 Å². The van der Waals surface area contributed by atoms with Crippen molar-refractivity contribution in [3.63, 3.8) is 0 Å². The van der Waals surface area contributed by atoms with Gasteiger partial charge in [0, 0.05) is 18.7 Å². The van der Waals surface area contributed by atoms with E-state index < -0.39 is 5.82 Å². The number of anilines is 1. The Kier molecular flexibility index (Phi) is 4.22. The van der Waals surface area contributed by atoms with E-state index in [9.17, 15) is 9.18 Å². The summed E-state index contributed by atoms with van der Waals surface area (Å²) in [5.41, 5.74) is 0.755.